The van der Waals surface area contributed by atoms with Crippen LogP contribution in [0.1, 0.15) is 29.9 Å². The first-order chi connectivity index (χ1) is 9.04. The number of rotatable bonds is 2. The SMILES string of the molecule is Cn1cc2c(c1C(=O)O)CCN(C(C)(C)O)N[N+]2(O)O. The molecular weight excluding hydrogens is 268 g/mol. The monoisotopic (exact) mass is 287 g/mol. The lowest BCUT2D eigenvalue weighted by atomic mass is 10.1. The Morgan fingerprint density at radius 1 is 1.45 bits per heavy atom. The van der Waals surface area contributed by atoms with Crippen molar-refractivity contribution in [2.24, 2.45) is 7.05 Å². The average Bonchev–Trinajstić information content (AvgIpc) is 2.54. The molecule has 0 saturated carbocycles. The summed E-state index contributed by atoms with van der Waals surface area (Å²) in [5.74, 6) is -1.15. The van der Waals surface area contributed by atoms with E-state index in [0.29, 0.717) is 5.56 Å². The summed E-state index contributed by atoms with van der Waals surface area (Å²) in [6.45, 7) is 3.17. The first kappa shape index (κ1) is 14.9. The van der Waals surface area contributed by atoms with Crippen LogP contribution in [0.2, 0.25) is 0 Å². The van der Waals surface area contributed by atoms with Gasteiger partial charge in [-0.05, 0) is 25.8 Å². The predicted octanol–water partition coefficient (Wildman–Crippen LogP) is -0.185. The minimum Gasteiger partial charge on any atom is -0.477 e. The van der Waals surface area contributed by atoms with E-state index in [1.54, 1.807) is 0 Å². The number of aromatic carboxylic acids is 1. The van der Waals surface area contributed by atoms with Gasteiger partial charge in [-0.3, -0.25) is 0 Å². The molecule has 2 heterocycles. The molecule has 0 fully saturated rings. The summed E-state index contributed by atoms with van der Waals surface area (Å²) in [5, 5.41) is 40.6. The van der Waals surface area contributed by atoms with Crippen LogP contribution in [0.5, 0.6) is 0 Å². The molecule has 2 rings (SSSR count). The molecule has 112 valence electrons. The Balaban J connectivity index is 2.51. The topological polar surface area (TPSA) is 118 Å². The van der Waals surface area contributed by atoms with Crippen LogP contribution in [0.3, 0.4) is 0 Å². The van der Waals surface area contributed by atoms with Gasteiger partial charge in [-0.15, -0.1) is 0 Å². The van der Waals surface area contributed by atoms with Crippen LogP contribution < -0.4 is 10.5 Å². The van der Waals surface area contributed by atoms with Crippen molar-refractivity contribution >= 4 is 11.7 Å². The number of nitrogens with zero attached hydrogens (tertiary/aromatic N) is 3. The van der Waals surface area contributed by atoms with Gasteiger partial charge in [0.15, 0.2) is 0 Å². The number of hydrazine groups is 1. The Bertz CT molecular complexity index is 546. The Labute approximate surface area is 115 Å². The molecule has 0 aromatic carbocycles. The number of carbonyl (C=O) groups is 1. The van der Waals surface area contributed by atoms with Crippen LogP contribution in [-0.2, 0) is 13.5 Å². The highest BCUT2D eigenvalue weighted by molar-refractivity contribution is 5.89. The molecule has 1 aromatic rings. The standard InChI is InChI=1S/C11H18N4O5/c1-11(2,18)14-5-4-7-8(15(19,20)12-14)6-13(3)9(7)10(16)17/h6,12,18-20H,4-5H2,1-3H3/p+1. The highest BCUT2D eigenvalue weighted by atomic mass is 16.9. The van der Waals surface area contributed by atoms with Gasteiger partial charge in [0.05, 0.1) is 16.7 Å². The second-order valence-electron chi connectivity index (χ2n) is 5.35. The average molecular weight is 287 g/mol. The smallest absolute Gasteiger partial charge is 0.353 e. The number of quaternary nitrogens is 1. The number of aromatic nitrogens is 1. The largest absolute Gasteiger partial charge is 0.477 e. The Morgan fingerprint density at radius 3 is 2.55 bits per heavy atom. The quantitative estimate of drug-likeness (QED) is 0.479. The van der Waals surface area contributed by atoms with Crippen LogP contribution in [0, 0.1) is 0 Å². The lowest BCUT2D eigenvalue weighted by Crippen LogP contribution is -2.65. The molecule has 0 amide bonds. The van der Waals surface area contributed by atoms with Crippen molar-refractivity contribution in [3.05, 3.63) is 17.5 Å². The van der Waals surface area contributed by atoms with Gasteiger partial charge >= 0.3 is 5.97 Å². The highest BCUT2D eigenvalue weighted by Crippen LogP contribution is 2.31. The van der Waals surface area contributed by atoms with E-state index in [1.165, 1.54) is 36.7 Å². The first-order valence-electron chi connectivity index (χ1n) is 6.08. The van der Waals surface area contributed by atoms with E-state index in [4.69, 9.17) is 0 Å². The minimum atomic E-state index is -1.72. The maximum absolute atomic E-state index is 11.3. The van der Waals surface area contributed by atoms with Gasteiger partial charge in [-0.25, -0.2) is 4.79 Å². The maximum Gasteiger partial charge on any atom is 0.353 e. The molecule has 1 aliphatic heterocycles. The van der Waals surface area contributed by atoms with E-state index < -0.39 is 16.6 Å². The van der Waals surface area contributed by atoms with Gasteiger partial charge in [0.1, 0.15) is 11.4 Å². The van der Waals surface area contributed by atoms with Crippen molar-refractivity contribution in [3.8, 4) is 0 Å². The van der Waals surface area contributed by atoms with Gasteiger partial charge in [0, 0.05) is 13.6 Å². The first-order valence-corrected chi connectivity index (χ1v) is 6.08. The fraction of sp³-hybridized carbons (Fsp3) is 0.545. The zero-order valence-corrected chi connectivity index (χ0v) is 11.5. The van der Waals surface area contributed by atoms with Crippen molar-refractivity contribution in [1.82, 2.24) is 20.0 Å². The Morgan fingerprint density at radius 2 is 2.05 bits per heavy atom. The van der Waals surface area contributed by atoms with Gasteiger partial charge in [0.25, 0.3) is 0 Å². The molecular formula is C11H19N4O5+. The van der Waals surface area contributed by atoms with Crippen molar-refractivity contribution in [2.45, 2.75) is 26.0 Å². The molecule has 1 aliphatic rings. The van der Waals surface area contributed by atoms with E-state index in [9.17, 15) is 25.4 Å². The Hall–Kier alpha value is -1.49. The van der Waals surface area contributed by atoms with Crippen LogP contribution >= 0.6 is 0 Å². The molecule has 0 bridgehead atoms. The van der Waals surface area contributed by atoms with Crippen LogP contribution in [0.4, 0.5) is 5.69 Å². The fourth-order valence-corrected chi connectivity index (χ4v) is 2.35. The van der Waals surface area contributed by atoms with E-state index in [-0.39, 0.29) is 24.3 Å². The number of hydrogen-bond acceptors (Lipinski definition) is 6. The summed E-state index contributed by atoms with van der Waals surface area (Å²) in [5.41, 5.74) is 1.32. The van der Waals surface area contributed by atoms with Crippen LogP contribution in [0.15, 0.2) is 6.20 Å². The number of nitrogens with one attached hydrogen (secondary N) is 1. The number of aliphatic hydroxyl groups is 1. The van der Waals surface area contributed by atoms with Gasteiger partial charge < -0.3 is 14.8 Å². The van der Waals surface area contributed by atoms with Crippen LogP contribution in [0.25, 0.3) is 0 Å². The summed E-state index contributed by atoms with van der Waals surface area (Å²) in [4.78, 5) is 9.56. The third-order valence-corrected chi connectivity index (χ3v) is 3.31. The van der Waals surface area contributed by atoms with Gasteiger partial charge in [-0.2, -0.15) is 15.4 Å². The summed E-state index contributed by atoms with van der Waals surface area (Å²) < 4.78 is 1.33. The number of carboxylic acid groups (broad SMARTS) is 1. The van der Waals surface area contributed by atoms with E-state index in [0.717, 1.165) is 0 Å². The summed E-state index contributed by atoms with van der Waals surface area (Å²) in [6, 6.07) is 0. The summed E-state index contributed by atoms with van der Waals surface area (Å²) >= 11 is 0. The Kier molecular flexibility index (Phi) is 3.37. The van der Waals surface area contributed by atoms with Crippen molar-refractivity contribution in [2.75, 3.05) is 6.54 Å². The molecule has 0 spiro atoms. The molecule has 9 heteroatoms. The second kappa shape index (κ2) is 4.52. The van der Waals surface area contributed by atoms with Crippen molar-refractivity contribution in [1.29, 1.82) is 0 Å². The molecule has 20 heavy (non-hydrogen) atoms. The number of fused-ring (bicyclic) bond motifs is 1. The fourth-order valence-electron chi connectivity index (χ4n) is 2.35. The van der Waals surface area contributed by atoms with E-state index in [1.807, 2.05) is 0 Å². The molecule has 0 aliphatic carbocycles. The molecule has 5 N–H and O–H groups in total. The second-order valence-corrected chi connectivity index (χ2v) is 5.35. The summed E-state index contributed by atoms with van der Waals surface area (Å²) in [6.07, 6.45) is 1.58. The third kappa shape index (κ3) is 2.42. The van der Waals surface area contributed by atoms with Crippen molar-refractivity contribution < 1.29 is 25.4 Å². The normalized spacial score (nSPS) is 19.5. The van der Waals surface area contributed by atoms with E-state index in [2.05, 4.69) is 5.53 Å². The van der Waals surface area contributed by atoms with Crippen LogP contribution in [-0.4, -0.2) is 48.4 Å². The molecule has 0 atom stereocenters. The van der Waals surface area contributed by atoms with Crippen molar-refractivity contribution in [3.63, 3.8) is 0 Å². The molecule has 0 unspecified atom stereocenters. The van der Waals surface area contributed by atoms with Gasteiger partial charge in [0.2, 0.25) is 5.69 Å². The third-order valence-electron chi connectivity index (χ3n) is 3.31. The zero-order valence-electron chi connectivity index (χ0n) is 11.5. The molecule has 1 aromatic heterocycles. The number of hydrogen-bond donors (Lipinski definition) is 5. The molecule has 0 saturated heterocycles. The molecule has 9 nitrogen and oxygen atoms in total. The molecule has 0 radical (unpaired) electrons. The zero-order chi connectivity index (χ0) is 15.3. The maximum atomic E-state index is 11.3. The highest BCUT2D eigenvalue weighted by Gasteiger charge is 2.43. The minimum absolute atomic E-state index is 0.00926. The lowest BCUT2D eigenvalue weighted by molar-refractivity contribution is -0.367. The number of aryl methyl sites for hydroxylation is 1. The van der Waals surface area contributed by atoms with Gasteiger partial charge in [-0.1, -0.05) is 0 Å². The predicted molar refractivity (Wildman–Crippen MR) is 67.6 cm³/mol. The number of carboxylic acids is 1. The summed E-state index contributed by atoms with van der Waals surface area (Å²) in [7, 11) is 1.52. The van der Waals surface area contributed by atoms with E-state index >= 15 is 0 Å². The lowest BCUT2D eigenvalue weighted by Gasteiger charge is -2.33.